The summed E-state index contributed by atoms with van der Waals surface area (Å²) in [6.07, 6.45) is 4.23. The molecule has 2 aliphatic rings. The minimum absolute atomic E-state index is 0.146. The largest absolute Gasteiger partial charge is 0.391 e. The fourth-order valence-corrected chi connectivity index (χ4v) is 3.94. The van der Waals surface area contributed by atoms with Crippen LogP contribution in [0.3, 0.4) is 0 Å². The third-order valence-electron chi connectivity index (χ3n) is 4.94. The van der Waals surface area contributed by atoms with Crippen LogP contribution in [0.1, 0.15) is 18.0 Å². The molecule has 3 heterocycles. The zero-order valence-corrected chi connectivity index (χ0v) is 12.3. The summed E-state index contributed by atoms with van der Waals surface area (Å²) in [5.41, 5.74) is 3.63. The van der Waals surface area contributed by atoms with Crippen LogP contribution in [0.2, 0.25) is 0 Å². The zero-order chi connectivity index (χ0) is 15.1. The number of hydrogen-bond acceptors (Lipinski definition) is 4. The molecule has 5 heteroatoms. The molecule has 1 N–H and O–H groups in total. The maximum absolute atomic E-state index is 10.6. The number of likely N-dealkylation sites (tertiary alicyclic amines) is 1. The maximum atomic E-state index is 10.6. The predicted octanol–water partition coefficient (Wildman–Crippen LogP) is 1.66. The Bertz CT molecular complexity index is 732. The summed E-state index contributed by atoms with van der Waals surface area (Å²) >= 11 is 0. The Hall–Kier alpha value is -2.16. The summed E-state index contributed by atoms with van der Waals surface area (Å²) in [4.78, 5) is 6.31. The summed E-state index contributed by atoms with van der Waals surface area (Å²) in [6, 6.07) is 10.7. The van der Waals surface area contributed by atoms with E-state index in [4.69, 9.17) is 5.26 Å². The third-order valence-corrected chi connectivity index (χ3v) is 4.94. The van der Waals surface area contributed by atoms with Gasteiger partial charge in [-0.25, -0.2) is 4.98 Å². The lowest BCUT2D eigenvalue weighted by Crippen LogP contribution is -2.46. The van der Waals surface area contributed by atoms with Crippen LogP contribution < -0.4 is 0 Å². The van der Waals surface area contributed by atoms with Crippen LogP contribution in [0.4, 0.5) is 0 Å². The Morgan fingerprint density at radius 3 is 3.05 bits per heavy atom. The second-order valence-electron chi connectivity index (χ2n) is 6.13. The number of piperidine rings is 1. The molecule has 1 saturated heterocycles. The molecule has 112 valence electrons. The molecule has 1 aromatic heterocycles. The molecular formula is C17H18N4O. The van der Waals surface area contributed by atoms with Gasteiger partial charge in [-0.1, -0.05) is 24.3 Å². The minimum atomic E-state index is -0.423. The van der Waals surface area contributed by atoms with Crippen LogP contribution >= 0.6 is 0 Å². The van der Waals surface area contributed by atoms with Crippen LogP contribution in [0.15, 0.2) is 36.8 Å². The first-order valence-corrected chi connectivity index (χ1v) is 7.68. The first kappa shape index (κ1) is 13.5. The van der Waals surface area contributed by atoms with E-state index in [0.717, 1.165) is 18.7 Å². The van der Waals surface area contributed by atoms with Crippen molar-refractivity contribution in [1.29, 1.82) is 5.26 Å². The average Bonchev–Trinajstić information content (AvgIpc) is 3.09. The lowest BCUT2D eigenvalue weighted by atomic mass is 9.83. The van der Waals surface area contributed by atoms with Crippen molar-refractivity contribution in [3.8, 4) is 17.3 Å². The molecule has 1 fully saturated rings. The van der Waals surface area contributed by atoms with Gasteiger partial charge in [-0.2, -0.15) is 5.26 Å². The fraction of sp³-hybridized carbons (Fsp3) is 0.412. The van der Waals surface area contributed by atoms with Crippen molar-refractivity contribution >= 4 is 0 Å². The monoisotopic (exact) mass is 294 g/mol. The van der Waals surface area contributed by atoms with E-state index in [2.05, 4.69) is 33.8 Å². The lowest BCUT2D eigenvalue weighted by molar-refractivity contribution is 0.0119. The number of nitrogens with zero attached hydrogens (tertiary/aromatic N) is 4. The van der Waals surface area contributed by atoms with Gasteiger partial charge >= 0.3 is 0 Å². The van der Waals surface area contributed by atoms with Crippen LogP contribution in [-0.4, -0.2) is 45.3 Å². The molecule has 0 radical (unpaired) electrons. The maximum Gasteiger partial charge on any atom is 0.0956 e. The van der Waals surface area contributed by atoms with Crippen LogP contribution in [0.25, 0.3) is 11.3 Å². The van der Waals surface area contributed by atoms with E-state index in [0.29, 0.717) is 13.1 Å². The molecule has 0 amide bonds. The van der Waals surface area contributed by atoms with E-state index in [-0.39, 0.29) is 12.0 Å². The molecule has 0 spiro atoms. The van der Waals surface area contributed by atoms with Crippen molar-refractivity contribution in [2.24, 2.45) is 5.92 Å². The number of aliphatic hydroxyl groups is 1. The number of aromatic nitrogens is 2. The van der Waals surface area contributed by atoms with E-state index in [1.165, 1.54) is 11.1 Å². The number of β-amino-alcohol motifs (C(OH)–C–C–N with tert-alkyl or cyclic N) is 1. The standard InChI is InChI=1S/C17H18N4O/c18-6-8-20-7-5-14(16(22)10-20)17-13-4-2-1-3-12(13)15-9-19-11-21(15)17/h1-4,9,11,14,16-17,22H,5,7-8,10H2. The van der Waals surface area contributed by atoms with Gasteiger partial charge in [0.05, 0.1) is 43.0 Å². The van der Waals surface area contributed by atoms with Crippen molar-refractivity contribution in [2.45, 2.75) is 18.6 Å². The quantitative estimate of drug-likeness (QED) is 0.856. The number of rotatable bonds is 2. The van der Waals surface area contributed by atoms with Gasteiger partial charge in [0.1, 0.15) is 0 Å². The SMILES string of the molecule is N#CCN1CCC(C2c3ccccc3-c3cncn32)C(O)C1. The highest BCUT2D eigenvalue weighted by Crippen LogP contribution is 2.45. The van der Waals surface area contributed by atoms with Crippen molar-refractivity contribution in [3.05, 3.63) is 42.4 Å². The van der Waals surface area contributed by atoms with Crippen molar-refractivity contribution in [1.82, 2.24) is 14.5 Å². The molecule has 2 aromatic rings. The number of imidazole rings is 1. The predicted molar refractivity (Wildman–Crippen MR) is 82.0 cm³/mol. The van der Waals surface area contributed by atoms with Gasteiger partial charge in [0, 0.05) is 18.0 Å². The Labute approximate surface area is 129 Å². The van der Waals surface area contributed by atoms with Crippen molar-refractivity contribution in [2.75, 3.05) is 19.6 Å². The van der Waals surface area contributed by atoms with E-state index >= 15 is 0 Å². The lowest BCUT2D eigenvalue weighted by Gasteiger charge is -2.38. The summed E-state index contributed by atoms with van der Waals surface area (Å²) < 4.78 is 2.19. The normalized spacial score (nSPS) is 27.2. The molecule has 3 unspecified atom stereocenters. The van der Waals surface area contributed by atoms with Crippen LogP contribution in [0, 0.1) is 17.2 Å². The smallest absolute Gasteiger partial charge is 0.0956 e. The number of hydrogen-bond donors (Lipinski definition) is 1. The number of nitriles is 1. The number of benzene rings is 1. The Kier molecular flexibility index (Phi) is 3.21. The molecular weight excluding hydrogens is 276 g/mol. The van der Waals surface area contributed by atoms with Crippen LogP contribution in [0.5, 0.6) is 0 Å². The second-order valence-corrected chi connectivity index (χ2v) is 6.13. The number of aliphatic hydroxyl groups excluding tert-OH is 1. The summed E-state index contributed by atoms with van der Waals surface area (Å²) in [7, 11) is 0. The Morgan fingerprint density at radius 2 is 2.23 bits per heavy atom. The van der Waals surface area contributed by atoms with Gasteiger partial charge < -0.3 is 9.67 Å². The number of fused-ring (bicyclic) bond motifs is 3. The zero-order valence-electron chi connectivity index (χ0n) is 12.3. The molecule has 0 saturated carbocycles. The molecule has 5 nitrogen and oxygen atoms in total. The van der Waals surface area contributed by atoms with Gasteiger partial charge in [-0.3, -0.25) is 4.90 Å². The Morgan fingerprint density at radius 1 is 1.36 bits per heavy atom. The van der Waals surface area contributed by atoms with Gasteiger partial charge in [-0.05, 0) is 18.5 Å². The third kappa shape index (κ3) is 1.96. The van der Waals surface area contributed by atoms with Crippen molar-refractivity contribution in [3.63, 3.8) is 0 Å². The topological polar surface area (TPSA) is 65.1 Å². The van der Waals surface area contributed by atoms with Gasteiger partial charge in [-0.15, -0.1) is 0 Å². The highest BCUT2D eigenvalue weighted by Gasteiger charge is 2.40. The molecule has 22 heavy (non-hydrogen) atoms. The highest BCUT2D eigenvalue weighted by atomic mass is 16.3. The van der Waals surface area contributed by atoms with E-state index < -0.39 is 6.10 Å². The molecule has 1 aromatic carbocycles. The molecule has 4 rings (SSSR count). The summed E-state index contributed by atoms with van der Waals surface area (Å²) in [5, 5.41) is 19.5. The van der Waals surface area contributed by atoms with Gasteiger partial charge in [0.2, 0.25) is 0 Å². The molecule has 2 aliphatic heterocycles. The first-order valence-electron chi connectivity index (χ1n) is 7.68. The van der Waals surface area contributed by atoms with E-state index in [1.54, 1.807) is 0 Å². The van der Waals surface area contributed by atoms with Gasteiger partial charge in [0.25, 0.3) is 0 Å². The highest BCUT2D eigenvalue weighted by molar-refractivity contribution is 5.69. The summed E-state index contributed by atoms with van der Waals surface area (Å²) in [6.45, 7) is 1.82. The molecule has 0 bridgehead atoms. The van der Waals surface area contributed by atoms with E-state index in [9.17, 15) is 5.11 Å². The van der Waals surface area contributed by atoms with Gasteiger partial charge in [0.15, 0.2) is 0 Å². The second kappa shape index (κ2) is 5.24. The van der Waals surface area contributed by atoms with Crippen LogP contribution in [-0.2, 0) is 0 Å². The molecule has 3 atom stereocenters. The first-order chi connectivity index (χ1) is 10.8. The minimum Gasteiger partial charge on any atom is -0.391 e. The average molecular weight is 294 g/mol. The Balaban J connectivity index is 1.68. The van der Waals surface area contributed by atoms with Crippen molar-refractivity contribution < 1.29 is 5.11 Å². The fourth-order valence-electron chi connectivity index (χ4n) is 3.94. The summed E-state index contributed by atoms with van der Waals surface area (Å²) in [5.74, 6) is 0.159. The molecule has 0 aliphatic carbocycles. The van der Waals surface area contributed by atoms with E-state index in [1.807, 2.05) is 23.5 Å².